The van der Waals surface area contributed by atoms with Gasteiger partial charge < -0.3 is 23.5 Å². The van der Waals surface area contributed by atoms with Gasteiger partial charge in [-0.25, -0.2) is 0 Å². The number of methoxy groups -OCH3 is 2. The van der Waals surface area contributed by atoms with Crippen molar-refractivity contribution in [2.75, 3.05) is 21.0 Å². The van der Waals surface area contributed by atoms with Crippen LogP contribution >= 0.6 is 0 Å². The van der Waals surface area contributed by atoms with Gasteiger partial charge >= 0.3 is 0 Å². The van der Waals surface area contributed by atoms with Gasteiger partial charge in [0.1, 0.15) is 29.7 Å². The smallest absolute Gasteiger partial charge is 0.232 e. The Hall–Kier alpha value is -4.23. The van der Waals surface area contributed by atoms with Crippen molar-refractivity contribution in [3.8, 4) is 23.0 Å². The fraction of sp³-hybridized carbons (Fsp3) is 0.258. The normalized spacial score (nSPS) is 15.8. The second-order valence-electron chi connectivity index (χ2n) is 9.64. The van der Waals surface area contributed by atoms with E-state index < -0.39 is 0 Å². The highest BCUT2D eigenvalue weighted by Crippen LogP contribution is 2.44. The highest BCUT2D eigenvalue weighted by molar-refractivity contribution is 6.16. The summed E-state index contributed by atoms with van der Waals surface area (Å²) in [6, 6.07) is 15.9. The van der Waals surface area contributed by atoms with E-state index in [1.54, 1.807) is 14.2 Å². The summed E-state index contributed by atoms with van der Waals surface area (Å²) >= 11 is 0. The van der Waals surface area contributed by atoms with E-state index in [1.807, 2.05) is 55.5 Å². The van der Waals surface area contributed by atoms with E-state index >= 15 is 0 Å². The van der Waals surface area contributed by atoms with E-state index in [4.69, 9.17) is 18.9 Å². The average Bonchev–Trinajstić information content (AvgIpc) is 3.46. The molecule has 0 saturated carbocycles. The summed E-state index contributed by atoms with van der Waals surface area (Å²) in [4.78, 5) is 15.8. The Kier molecular flexibility index (Phi) is 6.08. The van der Waals surface area contributed by atoms with Gasteiger partial charge in [0.05, 0.1) is 25.3 Å². The average molecular weight is 511 g/mol. The zero-order chi connectivity index (χ0) is 26.4. The van der Waals surface area contributed by atoms with E-state index in [1.165, 1.54) is 0 Å². The largest absolute Gasteiger partial charge is 0.497 e. The molecule has 0 saturated heterocycles. The van der Waals surface area contributed by atoms with Crippen molar-refractivity contribution in [1.82, 2.24) is 9.47 Å². The van der Waals surface area contributed by atoms with Crippen LogP contribution in [0.1, 0.15) is 39.5 Å². The Morgan fingerprint density at radius 2 is 1.92 bits per heavy atom. The lowest BCUT2D eigenvalue weighted by Gasteiger charge is -2.30. The molecule has 0 N–H and O–H groups in total. The van der Waals surface area contributed by atoms with Gasteiger partial charge in [-0.3, -0.25) is 9.69 Å². The van der Waals surface area contributed by atoms with Crippen LogP contribution < -0.4 is 18.9 Å². The van der Waals surface area contributed by atoms with Crippen molar-refractivity contribution in [3.05, 3.63) is 88.3 Å². The molecule has 0 spiro atoms. The van der Waals surface area contributed by atoms with Crippen molar-refractivity contribution < 1.29 is 23.7 Å². The number of allylic oxidation sites excluding steroid dienone is 1. The van der Waals surface area contributed by atoms with Crippen molar-refractivity contribution in [2.45, 2.75) is 33.5 Å². The fourth-order valence-corrected chi connectivity index (χ4v) is 5.40. The monoisotopic (exact) mass is 510 g/mol. The van der Waals surface area contributed by atoms with E-state index in [0.29, 0.717) is 36.9 Å². The molecule has 7 heteroatoms. The standard InChI is InChI=1S/C31H30N2O5/c1-5-33-16-21(23-14-22(35-3)10-11-25(23)33)13-28-30(34)29-19(2)12-27-24(31(29)38-28)17-32(18-37-27)15-20-8-6-7-9-26(20)36-4/h6-14,16H,5,15,17-18H2,1-4H3/b28-13-. The van der Waals surface area contributed by atoms with Gasteiger partial charge in [-0.15, -0.1) is 0 Å². The third-order valence-corrected chi connectivity index (χ3v) is 7.32. The highest BCUT2D eigenvalue weighted by atomic mass is 16.5. The molecular formula is C31H30N2O5. The van der Waals surface area contributed by atoms with Crippen LogP contribution in [0.3, 0.4) is 0 Å². The number of fused-ring (bicyclic) bond motifs is 4. The van der Waals surface area contributed by atoms with Gasteiger partial charge in [0.2, 0.25) is 5.78 Å². The number of benzene rings is 3. The number of ether oxygens (including phenoxy) is 4. The Balaban J connectivity index is 1.36. The molecule has 2 aliphatic rings. The fourth-order valence-electron chi connectivity index (χ4n) is 5.40. The van der Waals surface area contributed by atoms with Gasteiger partial charge in [-0.1, -0.05) is 18.2 Å². The molecule has 0 aliphatic carbocycles. The number of hydrogen-bond donors (Lipinski definition) is 0. The lowest BCUT2D eigenvalue weighted by atomic mass is 9.98. The number of rotatable bonds is 6. The summed E-state index contributed by atoms with van der Waals surface area (Å²) in [5, 5.41) is 1.01. The summed E-state index contributed by atoms with van der Waals surface area (Å²) in [5.74, 6) is 3.17. The minimum atomic E-state index is -0.109. The van der Waals surface area contributed by atoms with Crippen molar-refractivity contribution in [1.29, 1.82) is 0 Å². The van der Waals surface area contributed by atoms with Crippen molar-refractivity contribution in [2.24, 2.45) is 0 Å². The molecule has 2 aliphatic heterocycles. The number of hydrogen-bond acceptors (Lipinski definition) is 6. The van der Waals surface area contributed by atoms with Crippen LogP contribution in [-0.2, 0) is 19.6 Å². The predicted octanol–water partition coefficient (Wildman–Crippen LogP) is 5.96. The molecule has 1 aromatic heterocycles. The molecule has 6 rings (SSSR count). The number of Topliss-reactive ketones (excluding diaryl/α,β-unsaturated/α-hetero) is 1. The van der Waals surface area contributed by atoms with Gasteiger partial charge in [-0.05, 0) is 55.8 Å². The van der Waals surface area contributed by atoms with E-state index in [9.17, 15) is 4.79 Å². The number of aromatic nitrogens is 1. The summed E-state index contributed by atoms with van der Waals surface area (Å²) in [6.07, 6.45) is 3.90. The third kappa shape index (κ3) is 4.00. The zero-order valence-corrected chi connectivity index (χ0v) is 22.0. The molecule has 0 unspecified atom stereocenters. The Labute approximate surface area is 221 Å². The number of nitrogens with zero attached hydrogens (tertiary/aromatic N) is 2. The molecule has 7 nitrogen and oxygen atoms in total. The van der Waals surface area contributed by atoms with Crippen molar-refractivity contribution >= 4 is 22.8 Å². The maximum Gasteiger partial charge on any atom is 0.232 e. The van der Waals surface area contributed by atoms with Crippen LogP contribution in [0.15, 0.2) is 60.5 Å². The molecule has 3 heterocycles. The lowest BCUT2D eigenvalue weighted by molar-refractivity contribution is 0.0864. The van der Waals surface area contributed by atoms with Crippen LogP contribution in [0.5, 0.6) is 23.0 Å². The highest BCUT2D eigenvalue weighted by Gasteiger charge is 2.35. The van der Waals surface area contributed by atoms with E-state index in [-0.39, 0.29) is 5.78 Å². The zero-order valence-electron chi connectivity index (χ0n) is 22.0. The van der Waals surface area contributed by atoms with Crippen LogP contribution in [0.4, 0.5) is 0 Å². The van der Waals surface area contributed by atoms with Crippen LogP contribution in [0.25, 0.3) is 17.0 Å². The summed E-state index contributed by atoms with van der Waals surface area (Å²) in [6.45, 7) is 6.54. The Morgan fingerprint density at radius 1 is 1.08 bits per heavy atom. The number of carbonyl (C=O) groups excluding carboxylic acids is 1. The second kappa shape index (κ2) is 9.58. The number of para-hydroxylation sites is 1. The minimum Gasteiger partial charge on any atom is -0.497 e. The SMILES string of the molecule is CCn1cc(/C=C2\Oc3c4c(cc(C)c3C2=O)OCN(Cc2ccccc2OC)C4)c2cc(OC)ccc21. The number of aryl methyl sites for hydroxylation is 2. The van der Waals surface area contributed by atoms with E-state index in [0.717, 1.165) is 57.0 Å². The molecule has 0 radical (unpaired) electrons. The molecular weight excluding hydrogens is 480 g/mol. The van der Waals surface area contributed by atoms with Crippen LogP contribution in [-0.4, -0.2) is 36.2 Å². The topological polar surface area (TPSA) is 62.2 Å². The van der Waals surface area contributed by atoms with Gasteiger partial charge in [-0.2, -0.15) is 0 Å². The molecule has 3 aromatic carbocycles. The number of carbonyl (C=O) groups is 1. The lowest BCUT2D eigenvalue weighted by Crippen LogP contribution is -2.32. The maximum atomic E-state index is 13.6. The van der Waals surface area contributed by atoms with Crippen LogP contribution in [0, 0.1) is 6.92 Å². The van der Waals surface area contributed by atoms with Gasteiger partial charge in [0.25, 0.3) is 0 Å². The Bertz CT molecular complexity index is 1600. The molecule has 0 amide bonds. The number of ketones is 1. The van der Waals surface area contributed by atoms with Gasteiger partial charge in [0, 0.05) is 47.9 Å². The van der Waals surface area contributed by atoms with Crippen LogP contribution in [0.2, 0.25) is 0 Å². The molecule has 194 valence electrons. The second-order valence-corrected chi connectivity index (χ2v) is 9.64. The third-order valence-electron chi connectivity index (χ3n) is 7.32. The van der Waals surface area contributed by atoms with Gasteiger partial charge in [0.15, 0.2) is 5.76 Å². The molecule has 4 aromatic rings. The first-order chi connectivity index (χ1) is 18.5. The van der Waals surface area contributed by atoms with Crippen molar-refractivity contribution in [3.63, 3.8) is 0 Å². The minimum absolute atomic E-state index is 0.109. The molecule has 38 heavy (non-hydrogen) atoms. The maximum absolute atomic E-state index is 13.6. The first kappa shape index (κ1) is 24.1. The first-order valence-corrected chi connectivity index (χ1v) is 12.7. The molecule has 0 fully saturated rings. The molecule has 0 bridgehead atoms. The summed E-state index contributed by atoms with van der Waals surface area (Å²) < 4.78 is 25.6. The summed E-state index contributed by atoms with van der Waals surface area (Å²) in [7, 11) is 3.33. The first-order valence-electron chi connectivity index (χ1n) is 12.7. The summed E-state index contributed by atoms with van der Waals surface area (Å²) in [5.41, 5.74) is 5.42. The van der Waals surface area contributed by atoms with E-state index in [2.05, 4.69) is 28.7 Å². The quantitative estimate of drug-likeness (QED) is 0.299. The Morgan fingerprint density at radius 3 is 2.71 bits per heavy atom. The molecule has 0 atom stereocenters. The predicted molar refractivity (Wildman–Crippen MR) is 146 cm³/mol.